The molecule has 0 aliphatic carbocycles. The van der Waals surface area contributed by atoms with Gasteiger partial charge >= 0.3 is 0 Å². The molecule has 21 heavy (non-hydrogen) atoms. The van der Waals surface area contributed by atoms with Gasteiger partial charge in [0.1, 0.15) is 12.0 Å². The summed E-state index contributed by atoms with van der Waals surface area (Å²) in [4.78, 5) is 15.4. The van der Waals surface area contributed by atoms with Gasteiger partial charge in [0.05, 0.1) is 12.7 Å². The second kappa shape index (κ2) is 7.02. The molecule has 0 aromatic carbocycles. The molecule has 1 aromatic heterocycles. The lowest BCUT2D eigenvalue weighted by Crippen LogP contribution is -2.28. The first-order chi connectivity index (χ1) is 10.0. The number of carbonyl (C=O) groups is 1. The zero-order valence-electron chi connectivity index (χ0n) is 12.8. The van der Waals surface area contributed by atoms with E-state index in [1.54, 1.807) is 32.4 Å². The average Bonchev–Trinajstić information content (AvgIpc) is 2.98. The van der Waals surface area contributed by atoms with Gasteiger partial charge < -0.3 is 19.3 Å². The third-order valence-electron chi connectivity index (χ3n) is 3.82. The van der Waals surface area contributed by atoms with Gasteiger partial charge in [-0.2, -0.15) is 0 Å². The Hall–Kier alpha value is -1.44. The summed E-state index contributed by atoms with van der Waals surface area (Å²) in [5.41, 5.74) is 1.74. The van der Waals surface area contributed by atoms with Crippen molar-refractivity contribution in [3.8, 4) is 0 Å². The molecule has 1 N–H and O–H groups in total. The van der Waals surface area contributed by atoms with Crippen molar-refractivity contribution in [2.45, 2.75) is 25.7 Å². The predicted molar refractivity (Wildman–Crippen MR) is 75.3 cm³/mol. The van der Waals surface area contributed by atoms with Gasteiger partial charge in [-0.15, -0.1) is 0 Å². The number of carbonyl (C=O) groups excluding carboxylic acids is 1. The molecule has 0 unspecified atom stereocenters. The zero-order chi connectivity index (χ0) is 15.4. The number of rotatable bonds is 6. The van der Waals surface area contributed by atoms with Crippen LogP contribution in [0.2, 0.25) is 0 Å². The summed E-state index contributed by atoms with van der Waals surface area (Å²) in [5, 5.41) is 14.0. The fourth-order valence-electron chi connectivity index (χ4n) is 2.58. The van der Waals surface area contributed by atoms with E-state index in [1.807, 2.05) is 0 Å². The highest BCUT2D eigenvalue weighted by Crippen LogP contribution is 2.23. The van der Waals surface area contributed by atoms with Gasteiger partial charge in [0.25, 0.3) is 0 Å². The topological polar surface area (TPSA) is 79.0 Å². The molecule has 7 nitrogen and oxygen atoms in total. The monoisotopic (exact) mass is 297 g/mol. The van der Waals surface area contributed by atoms with Crippen molar-refractivity contribution >= 4 is 5.91 Å². The van der Waals surface area contributed by atoms with Gasteiger partial charge in [0, 0.05) is 58.7 Å². The fraction of sp³-hybridized carbons (Fsp3) is 0.714. The number of amides is 1. The minimum atomic E-state index is -0.473. The molecule has 1 saturated heterocycles. The number of nitrogens with zero attached hydrogens (tertiary/aromatic N) is 3. The Morgan fingerprint density at radius 1 is 1.57 bits per heavy atom. The number of aromatic nitrogens is 1. The summed E-state index contributed by atoms with van der Waals surface area (Å²) in [7, 11) is 5.08. The number of hydrogen-bond donors (Lipinski definition) is 1. The van der Waals surface area contributed by atoms with Crippen molar-refractivity contribution in [1.82, 2.24) is 15.0 Å². The Balaban J connectivity index is 1.91. The number of aliphatic hydroxyl groups is 1. The van der Waals surface area contributed by atoms with E-state index < -0.39 is 6.10 Å². The van der Waals surface area contributed by atoms with Crippen molar-refractivity contribution in [3.63, 3.8) is 0 Å². The molecule has 0 bridgehead atoms. The largest absolute Gasteiger partial charge is 0.391 e. The minimum absolute atomic E-state index is 0.0226. The van der Waals surface area contributed by atoms with E-state index >= 15 is 0 Å². The van der Waals surface area contributed by atoms with Gasteiger partial charge in [-0.3, -0.25) is 9.69 Å². The molecule has 2 atom stereocenters. The van der Waals surface area contributed by atoms with Gasteiger partial charge in [-0.05, 0) is 0 Å². The predicted octanol–water partition coefficient (Wildman–Crippen LogP) is 0.0920. The van der Waals surface area contributed by atoms with E-state index in [-0.39, 0.29) is 11.8 Å². The summed E-state index contributed by atoms with van der Waals surface area (Å²) in [6, 6.07) is 0. The highest BCUT2D eigenvalue weighted by molar-refractivity contribution is 5.75. The first-order valence-corrected chi connectivity index (χ1v) is 7.03. The van der Waals surface area contributed by atoms with Crippen LogP contribution in [0.3, 0.4) is 0 Å². The van der Waals surface area contributed by atoms with Crippen molar-refractivity contribution < 1.29 is 19.2 Å². The molecular formula is C14H23N3O4. The van der Waals surface area contributed by atoms with Crippen LogP contribution in [0.1, 0.15) is 17.7 Å². The molecule has 2 rings (SSSR count). The first kappa shape index (κ1) is 15.9. The summed E-state index contributed by atoms with van der Waals surface area (Å²) < 4.78 is 10.1. The second-order valence-electron chi connectivity index (χ2n) is 5.73. The first-order valence-electron chi connectivity index (χ1n) is 7.03. The van der Waals surface area contributed by atoms with Crippen LogP contribution < -0.4 is 0 Å². The normalized spacial score (nSPS) is 22.7. The van der Waals surface area contributed by atoms with Gasteiger partial charge in [0.15, 0.2) is 0 Å². The van der Waals surface area contributed by atoms with Crippen molar-refractivity contribution in [3.05, 3.63) is 17.5 Å². The van der Waals surface area contributed by atoms with E-state index in [0.717, 1.165) is 11.3 Å². The van der Waals surface area contributed by atoms with Gasteiger partial charge in [0.2, 0.25) is 5.91 Å². The van der Waals surface area contributed by atoms with Crippen LogP contribution >= 0.6 is 0 Å². The lowest BCUT2D eigenvalue weighted by molar-refractivity contribution is -0.130. The van der Waals surface area contributed by atoms with Crippen LogP contribution in [0.15, 0.2) is 10.8 Å². The van der Waals surface area contributed by atoms with Crippen molar-refractivity contribution in [2.75, 3.05) is 34.3 Å². The molecule has 1 amide bonds. The fourth-order valence-corrected chi connectivity index (χ4v) is 2.58. The van der Waals surface area contributed by atoms with Crippen LogP contribution in [0.25, 0.3) is 0 Å². The number of likely N-dealkylation sites (tertiary alicyclic amines) is 1. The Kier molecular flexibility index (Phi) is 5.33. The molecule has 1 fully saturated rings. The van der Waals surface area contributed by atoms with Crippen molar-refractivity contribution in [1.29, 1.82) is 0 Å². The third kappa shape index (κ3) is 4.03. The minimum Gasteiger partial charge on any atom is -0.391 e. The summed E-state index contributed by atoms with van der Waals surface area (Å²) in [6.45, 7) is 2.30. The van der Waals surface area contributed by atoms with E-state index in [1.165, 1.54) is 0 Å². The maximum atomic E-state index is 11.8. The van der Waals surface area contributed by atoms with Crippen LogP contribution in [0, 0.1) is 5.92 Å². The highest BCUT2D eigenvalue weighted by atomic mass is 16.5. The Morgan fingerprint density at radius 3 is 3.00 bits per heavy atom. The SMILES string of the molecule is COCc1nocc1CN1C[C@@H](CC(=O)N(C)C)[C@H](O)C1. The third-order valence-corrected chi connectivity index (χ3v) is 3.82. The standard InChI is InChI=1S/C14H23N3O4/c1-16(2)14(19)4-10-5-17(7-13(10)18)6-11-8-21-15-12(11)9-20-3/h8,10,13,18H,4-7,9H2,1-3H3/t10-,13-/m1/s1. The molecule has 0 radical (unpaired) electrons. The quantitative estimate of drug-likeness (QED) is 0.802. The van der Waals surface area contributed by atoms with E-state index in [4.69, 9.17) is 9.26 Å². The molecule has 1 aliphatic rings. The van der Waals surface area contributed by atoms with Gasteiger partial charge in [-0.1, -0.05) is 5.16 Å². The maximum absolute atomic E-state index is 11.8. The number of aliphatic hydroxyl groups excluding tert-OH is 1. The Bertz CT molecular complexity index is 475. The molecule has 1 aliphatic heterocycles. The van der Waals surface area contributed by atoms with Crippen LogP contribution in [-0.4, -0.2) is 66.4 Å². The van der Waals surface area contributed by atoms with Crippen molar-refractivity contribution in [2.24, 2.45) is 5.92 Å². The molecule has 2 heterocycles. The number of methoxy groups -OCH3 is 1. The second-order valence-corrected chi connectivity index (χ2v) is 5.73. The Morgan fingerprint density at radius 2 is 2.33 bits per heavy atom. The lowest BCUT2D eigenvalue weighted by atomic mass is 10.0. The molecule has 0 spiro atoms. The van der Waals surface area contributed by atoms with Gasteiger partial charge in [-0.25, -0.2) is 0 Å². The average molecular weight is 297 g/mol. The van der Waals surface area contributed by atoms with Crippen LogP contribution in [0.5, 0.6) is 0 Å². The van der Waals surface area contributed by atoms with Crippen LogP contribution in [-0.2, 0) is 22.7 Å². The maximum Gasteiger partial charge on any atom is 0.222 e. The highest BCUT2D eigenvalue weighted by Gasteiger charge is 2.33. The number of β-amino-alcohol motifs (C(OH)–C–C–N with tert-alkyl or cyclic N) is 1. The Labute approximate surface area is 124 Å². The molecule has 0 saturated carbocycles. The zero-order valence-corrected chi connectivity index (χ0v) is 12.8. The van der Waals surface area contributed by atoms with E-state index in [2.05, 4.69) is 10.1 Å². The lowest BCUT2D eigenvalue weighted by Gasteiger charge is -2.17. The molecule has 118 valence electrons. The number of ether oxygens (including phenoxy) is 1. The smallest absolute Gasteiger partial charge is 0.222 e. The molecule has 1 aromatic rings. The summed E-state index contributed by atoms with van der Waals surface area (Å²) in [6.07, 6.45) is 1.51. The summed E-state index contributed by atoms with van der Waals surface area (Å²) in [5.74, 6) is 0.0246. The van der Waals surface area contributed by atoms with E-state index in [9.17, 15) is 9.90 Å². The van der Waals surface area contributed by atoms with Crippen LogP contribution in [0.4, 0.5) is 0 Å². The molecular weight excluding hydrogens is 274 g/mol. The molecule has 7 heteroatoms. The summed E-state index contributed by atoms with van der Waals surface area (Å²) >= 11 is 0. The number of hydrogen-bond acceptors (Lipinski definition) is 6. The van der Waals surface area contributed by atoms with E-state index in [0.29, 0.717) is 32.7 Å².